The summed E-state index contributed by atoms with van der Waals surface area (Å²) in [6.07, 6.45) is 3.67. The molecule has 7 heteroatoms. The van der Waals surface area contributed by atoms with Crippen molar-refractivity contribution in [3.63, 3.8) is 0 Å². The molecule has 0 saturated carbocycles. The van der Waals surface area contributed by atoms with E-state index in [1.165, 1.54) is 0 Å². The molecule has 27 heavy (non-hydrogen) atoms. The van der Waals surface area contributed by atoms with Crippen LogP contribution in [0.25, 0.3) is 22.2 Å². The number of aromatic nitrogens is 4. The number of aromatic amines is 1. The zero-order valence-electron chi connectivity index (χ0n) is 15.2. The molecule has 0 unspecified atom stereocenters. The Morgan fingerprint density at radius 1 is 1.11 bits per heavy atom. The summed E-state index contributed by atoms with van der Waals surface area (Å²) >= 11 is 0. The molecule has 3 aromatic rings. The van der Waals surface area contributed by atoms with Crippen molar-refractivity contribution in [2.45, 2.75) is 19.8 Å². The van der Waals surface area contributed by atoms with Gasteiger partial charge in [-0.15, -0.1) is 0 Å². The van der Waals surface area contributed by atoms with Gasteiger partial charge >= 0.3 is 0 Å². The number of rotatable bonds is 2. The highest BCUT2D eigenvalue weighted by atomic mass is 15.2. The smallest absolute Gasteiger partial charge is 0.103 e. The standard InChI is InChI=1S/C20H17N7/c1-11-16(7-21)19(17(8-22)12(2)24-11)13-4-5-18-15(6-13)20(26-25-18)14-9-23-27(3)10-14/h4-6,9-10,19,24H,1-3H3,(H,25,26). The van der Waals surface area contributed by atoms with Crippen molar-refractivity contribution in [2.75, 3.05) is 0 Å². The van der Waals surface area contributed by atoms with Crippen LogP contribution in [0, 0.1) is 22.7 Å². The van der Waals surface area contributed by atoms with Crippen molar-refractivity contribution >= 4 is 10.9 Å². The molecule has 0 spiro atoms. The number of allylic oxidation sites excluding steroid dienone is 4. The predicted molar refractivity (Wildman–Crippen MR) is 101 cm³/mol. The van der Waals surface area contributed by atoms with Crippen LogP contribution >= 0.6 is 0 Å². The maximum atomic E-state index is 9.69. The lowest BCUT2D eigenvalue weighted by molar-refractivity contribution is 0.768. The molecule has 2 N–H and O–H groups in total. The summed E-state index contributed by atoms with van der Waals surface area (Å²) in [5.41, 5.74) is 6.16. The second-order valence-electron chi connectivity index (χ2n) is 6.64. The SMILES string of the molecule is CC1=C(C#N)C(c2ccc3[nH]nc(-c4cnn(C)c4)c3c2)C(C#N)=C(C)N1. The zero-order valence-corrected chi connectivity index (χ0v) is 15.2. The van der Waals surface area contributed by atoms with Gasteiger partial charge in [0.25, 0.3) is 0 Å². The second kappa shape index (κ2) is 6.15. The van der Waals surface area contributed by atoms with Crippen molar-refractivity contribution in [2.24, 2.45) is 7.05 Å². The quantitative estimate of drug-likeness (QED) is 0.734. The molecular weight excluding hydrogens is 338 g/mol. The summed E-state index contributed by atoms with van der Waals surface area (Å²) in [5.74, 6) is -0.387. The highest BCUT2D eigenvalue weighted by molar-refractivity contribution is 5.93. The van der Waals surface area contributed by atoms with Crippen molar-refractivity contribution in [1.82, 2.24) is 25.3 Å². The molecule has 7 nitrogen and oxygen atoms in total. The Bertz CT molecular complexity index is 1170. The van der Waals surface area contributed by atoms with Crippen molar-refractivity contribution in [1.29, 1.82) is 10.5 Å². The van der Waals surface area contributed by atoms with Gasteiger partial charge in [-0.05, 0) is 31.5 Å². The maximum Gasteiger partial charge on any atom is 0.103 e. The number of H-pyrrole nitrogens is 1. The molecule has 2 aromatic heterocycles. The molecule has 3 heterocycles. The molecule has 0 bridgehead atoms. The van der Waals surface area contributed by atoms with E-state index in [4.69, 9.17) is 0 Å². The number of fused-ring (bicyclic) bond motifs is 1. The third-order valence-electron chi connectivity index (χ3n) is 4.90. The Morgan fingerprint density at radius 2 is 1.81 bits per heavy atom. The monoisotopic (exact) mass is 355 g/mol. The Hall–Kier alpha value is -3.84. The molecule has 0 radical (unpaired) electrons. The third-order valence-corrected chi connectivity index (χ3v) is 4.90. The Labute approximate surface area is 156 Å². The van der Waals surface area contributed by atoms with Crippen LogP contribution in [0.2, 0.25) is 0 Å². The number of hydrogen-bond donors (Lipinski definition) is 2. The first-order chi connectivity index (χ1) is 13.0. The maximum absolute atomic E-state index is 9.69. The molecule has 4 rings (SSSR count). The Balaban J connectivity index is 1.92. The highest BCUT2D eigenvalue weighted by Gasteiger charge is 2.29. The Morgan fingerprint density at radius 3 is 2.41 bits per heavy atom. The lowest BCUT2D eigenvalue weighted by Crippen LogP contribution is -2.23. The normalized spacial score (nSPS) is 15.0. The number of nitriles is 2. The molecule has 1 aromatic carbocycles. The topological polar surface area (TPSA) is 106 Å². The van der Waals surface area contributed by atoms with Gasteiger partial charge < -0.3 is 5.32 Å². The van der Waals surface area contributed by atoms with Crippen molar-refractivity contribution in [3.8, 4) is 23.4 Å². The van der Waals surface area contributed by atoms with Crippen LogP contribution in [-0.2, 0) is 7.05 Å². The van der Waals surface area contributed by atoms with Gasteiger partial charge in [-0.2, -0.15) is 20.7 Å². The fourth-order valence-corrected chi connectivity index (χ4v) is 3.60. The highest BCUT2D eigenvalue weighted by Crippen LogP contribution is 2.39. The first kappa shape index (κ1) is 16.6. The average Bonchev–Trinajstić information content (AvgIpc) is 3.26. The number of benzene rings is 1. The van der Waals surface area contributed by atoms with Gasteiger partial charge in [0.05, 0.1) is 40.9 Å². The van der Waals surface area contributed by atoms with Crippen LogP contribution in [0.4, 0.5) is 0 Å². The summed E-state index contributed by atoms with van der Waals surface area (Å²) < 4.78 is 1.73. The summed E-state index contributed by atoms with van der Waals surface area (Å²) in [7, 11) is 1.86. The minimum Gasteiger partial charge on any atom is -0.361 e. The molecule has 0 saturated heterocycles. The number of aryl methyl sites for hydroxylation is 1. The second-order valence-corrected chi connectivity index (χ2v) is 6.64. The van der Waals surface area contributed by atoms with Gasteiger partial charge in [0, 0.05) is 35.6 Å². The van der Waals surface area contributed by atoms with Gasteiger partial charge in [0.1, 0.15) is 5.69 Å². The molecule has 0 aliphatic carbocycles. The largest absolute Gasteiger partial charge is 0.361 e. The summed E-state index contributed by atoms with van der Waals surface area (Å²) in [5, 5.41) is 35.1. The van der Waals surface area contributed by atoms with E-state index in [0.29, 0.717) is 11.1 Å². The molecule has 0 atom stereocenters. The summed E-state index contributed by atoms with van der Waals surface area (Å²) in [6, 6.07) is 10.4. The van der Waals surface area contributed by atoms with Gasteiger partial charge in [-0.25, -0.2) is 0 Å². The van der Waals surface area contributed by atoms with E-state index >= 15 is 0 Å². The van der Waals surface area contributed by atoms with E-state index < -0.39 is 0 Å². The summed E-state index contributed by atoms with van der Waals surface area (Å²) in [6.45, 7) is 3.72. The first-order valence-corrected chi connectivity index (χ1v) is 8.49. The number of dihydropyridines is 1. The van der Waals surface area contributed by atoms with Gasteiger partial charge in [0.2, 0.25) is 0 Å². The average molecular weight is 355 g/mol. The number of nitrogens with one attached hydrogen (secondary N) is 2. The molecule has 0 amide bonds. The van der Waals surface area contributed by atoms with E-state index in [2.05, 4.69) is 32.8 Å². The molecule has 1 aliphatic rings. The van der Waals surface area contributed by atoms with Gasteiger partial charge in [-0.3, -0.25) is 9.78 Å². The number of hydrogen-bond acceptors (Lipinski definition) is 5. The summed E-state index contributed by atoms with van der Waals surface area (Å²) in [4.78, 5) is 0. The van der Waals surface area contributed by atoms with E-state index in [-0.39, 0.29) is 5.92 Å². The fraction of sp³-hybridized carbons (Fsp3) is 0.200. The number of nitrogens with zero attached hydrogens (tertiary/aromatic N) is 5. The minimum atomic E-state index is -0.387. The predicted octanol–water partition coefficient (Wildman–Crippen LogP) is 3.25. The van der Waals surface area contributed by atoms with Crippen molar-refractivity contribution < 1.29 is 0 Å². The third kappa shape index (κ3) is 2.57. The first-order valence-electron chi connectivity index (χ1n) is 8.49. The molecule has 1 aliphatic heterocycles. The van der Waals surface area contributed by atoms with Crippen LogP contribution in [0.3, 0.4) is 0 Å². The van der Waals surface area contributed by atoms with Crippen molar-refractivity contribution in [3.05, 3.63) is 58.7 Å². The lowest BCUT2D eigenvalue weighted by Gasteiger charge is -2.26. The van der Waals surface area contributed by atoms with E-state index in [1.54, 1.807) is 10.9 Å². The van der Waals surface area contributed by atoms with Crippen LogP contribution < -0.4 is 5.32 Å². The fourth-order valence-electron chi connectivity index (χ4n) is 3.60. The molecule has 132 valence electrons. The van der Waals surface area contributed by atoms with E-state index in [0.717, 1.165) is 39.1 Å². The Kier molecular flexibility index (Phi) is 3.79. The van der Waals surface area contributed by atoms with Gasteiger partial charge in [-0.1, -0.05) is 6.07 Å². The lowest BCUT2D eigenvalue weighted by atomic mass is 9.81. The molecular formula is C20H17N7. The molecule has 0 fully saturated rings. The van der Waals surface area contributed by atoms with Crippen LogP contribution in [-0.4, -0.2) is 20.0 Å². The van der Waals surface area contributed by atoms with Crippen LogP contribution in [0.5, 0.6) is 0 Å². The van der Waals surface area contributed by atoms with E-state index in [1.807, 2.05) is 45.3 Å². The van der Waals surface area contributed by atoms with E-state index in [9.17, 15) is 10.5 Å². The zero-order chi connectivity index (χ0) is 19.1. The minimum absolute atomic E-state index is 0.387. The van der Waals surface area contributed by atoms with Gasteiger partial charge in [0.15, 0.2) is 0 Å². The van der Waals surface area contributed by atoms with Crippen LogP contribution in [0.15, 0.2) is 53.1 Å². The van der Waals surface area contributed by atoms with Crippen LogP contribution in [0.1, 0.15) is 25.3 Å².